The fourth-order valence-corrected chi connectivity index (χ4v) is 1.92. The van der Waals surface area contributed by atoms with Crippen molar-refractivity contribution in [3.8, 4) is 0 Å². The van der Waals surface area contributed by atoms with Crippen molar-refractivity contribution in [2.24, 2.45) is 0 Å². The Balaban J connectivity index is 1.98. The minimum atomic E-state index is -1.11. The van der Waals surface area contributed by atoms with E-state index in [4.69, 9.17) is 5.11 Å². The molecule has 3 N–H and O–H groups in total. The molecule has 0 fully saturated rings. The number of aliphatic carboxylic acids is 1. The van der Waals surface area contributed by atoms with Gasteiger partial charge in [-0.25, -0.2) is 0 Å². The fraction of sp³-hybridized carbons (Fsp3) is 0.250. The summed E-state index contributed by atoms with van der Waals surface area (Å²) < 4.78 is 1.53. The van der Waals surface area contributed by atoms with Crippen molar-refractivity contribution >= 4 is 23.5 Å². The average Bonchev–Trinajstić information content (AvgIpc) is 3.08. The van der Waals surface area contributed by atoms with Crippen molar-refractivity contribution in [1.29, 1.82) is 0 Å². The maximum absolute atomic E-state index is 12.1. The lowest BCUT2D eigenvalue weighted by atomic mass is 10.1. The number of amides is 2. The zero-order chi connectivity index (χ0) is 17.7. The van der Waals surface area contributed by atoms with Gasteiger partial charge in [0, 0.05) is 23.6 Å². The zero-order valence-corrected chi connectivity index (χ0v) is 13.3. The van der Waals surface area contributed by atoms with Crippen LogP contribution in [0.25, 0.3) is 0 Å². The Labute approximate surface area is 138 Å². The van der Waals surface area contributed by atoms with E-state index in [9.17, 15) is 14.4 Å². The van der Waals surface area contributed by atoms with Gasteiger partial charge in [0.05, 0.1) is 0 Å². The maximum Gasteiger partial charge on any atom is 0.325 e. The zero-order valence-electron chi connectivity index (χ0n) is 13.3. The molecule has 0 spiro atoms. The topological polar surface area (TPSA) is 113 Å². The normalized spacial score (nSPS) is 12.9. The first-order valence-corrected chi connectivity index (χ1v) is 7.32. The van der Waals surface area contributed by atoms with Gasteiger partial charge >= 0.3 is 5.97 Å². The molecule has 0 unspecified atom stereocenters. The van der Waals surface area contributed by atoms with Crippen LogP contribution in [0.4, 0.5) is 5.69 Å². The van der Waals surface area contributed by atoms with E-state index in [1.807, 2.05) is 0 Å². The van der Waals surface area contributed by atoms with E-state index in [-0.39, 0.29) is 5.91 Å². The van der Waals surface area contributed by atoms with Gasteiger partial charge in [-0.2, -0.15) is 5.10 Å². The number of carbonyl (C=O) groups excluding carboxylic acids is 2. The number of carboxylic acid groups (broad SMARTS) is 1. The molecule has 1 heterocycles. The number of hydrogen-bond donors (Lipinski definition) is 3. The summed E-state index contributed by atoms with van der Waals surface area (Å²) in [5, 5.41) is 17.9. The molecule has 2 atom stereocenters. The lowest BCUT2D eigenvalue weighted by Crippen LogP contribution is -2.38. The lowest BCUT2D eigenvalue weighted by Gasteiger charge is -2.13. The van der Waals surface area contributed by atoms with Crippen LogP contribution in [0.3, 0.4) is 0 Å². The second kappa shape index (κ2) is 7.40. The maximum atomic E-state index is 12.1. The Morgan fingerprint density at radius 1 is 1.17 bits per heavy atom. The smallest absolute Gasteiger partial charge is 0.325 e. The highest BCUT2D eigenvalue weighted by atomic mass is 16.4. The van der Waals surface area contributed by atoms with Gasteiger partial charge in [-0.1, -0.05) is 0 Å². The molecule has 0 bridgehead atoms. The SMILES string of the molecule is C[C@H](NC(=O)c1ccc(NC(=O)[C@@H](C)n2cccn2)cc1)C(=O)O. The summed E-state index contributed by atoms with van der Waals surface area (Å²) in [6.45, 7) is 3.10. The van der Waals surface area contributed by atoms with Crippen LogP contribution in [0.5, 0.6) is 0 Å². The third kappa shape index (κ3) is 4.19. The third-order valence-corrected chi connectivity index (χ3v) is 3.43. The fourth-order valence-electron chi connectivity index (χ4n) is 1.92. The number of aromatic nitrogens is 2. The molecule has 2 amide bonds. The quantitative estimate of drug-likeness (QED) is 0.738. The summed E-state index contributed by atoms with van der Waals surface area (Å²) in [4.78, 5) is 34.8. The van der Waals surface area contributed by atoms with Gasteiger partial charge in [-0.15, -0.1) is 0 Å². The monoisotopic (exact) mass is 330 g/mol. The Morgan fingerprint density at radius 3 is 2.38 bits per heavy atom. The highest BCUT2D eigenvalue weighted by molar-refractivity contribution is 5.98. The molecule has 0 saturated carbocycles. The van der Waals surface area contributed by atoms with Crippen molar-refractivity contribution in [2.45, 2.75) is 25.9 Å². The molecule has 2 aromatic rings. The third-order valence-electron chi connectivity index (χ3n) is 3.43. The number of nitrogens with one attached hydrogen (secondary N) is 2. The van der Waals surface area contributed by atoms with Gasteiger partial charge in [0.15, 0.2) is 0 Å². The second-order valence-corrected chi connectivity index (χ2v) is 5.26. The molecule has 126 valence electrons. The highest BCUT2D eigenvalue weighted by Gasteiger charge is 2.17. The van der Waals surface area contributed by atoms with E-state index >= 15 is 0 Å². The first-order valence-electron chi connectivity index (χ1n) is 7.32. The summed E-state index contributed by atoms with van der Waals surface area (Å²) in [5.74, 6) is -1.84. The number of anilines is 1. The minimum Gasteiger partial charge on any atom is -0.480 e. The van der Waals surface area contributed by atoms with E-state index in [1.165, 1.54) is 23.7 Å². The van der Waals surface area contributed by atoms with Gasteiger partial charge in [-0.05, 0) is 44.2 Å². The van der Waals surface area contributed by atoms with Gasteiger partial charge in [-0.3, -0.25) is 19.1 Å². The van der Waals surface area contributed by atoms with E-state index in [1.54, 1.807) is 37.5 Å². The van der Waals surface area contributed by atoms with Crippen LogP contribution >= 0.6 is 0 Å². The van der Waals surface area contributed by atoms with Crippen molar-refractivity contribution < 1.29 is 19.5 Å². The minimum absolute atomic E-state index is 0.240. The molecule has 0 saturated heterocycles. The van der Waals surface area contributed by atoms with Crippen molar-refractivity contribution in [2.75, 3.05) is 5.32 Å². The first-order chi connectivity index (χ1) is 11.4. The van der Waals surface area contributed by atoms with E-state index in [2.05, 4.69) is 15.7 Å². The van der Waals surface area contributed by atoms with Crippen LogP contribution in [0.15, 0.2) is 42.7 Å². The van der Waals surface area contributed by atoms with Crippen LogP contribution in [-0.2, 0) is 9.59 Å². The van der Waals surface area contributed by atoms with Gasteiger partial charge in [0.1, 0.15) is 12.1 Å². The van der Waals surface area contributed by atoms with E-state index in [0.29, 0.717) is 11.3 Å². The second-order valence-electron chi connectivity index (χ2n) is 5.26. The van der Waals surface area contributed by atoms with Crippen molar-refractivity contribution in [1.82, 2.24) is 15.1 Å². The molecule has 0 radical (unpaired) electrons. The number of rotatable bonds is 6. The number of carbonyl (C=O) groups is 3. The van der Waals surface area contributed by atoms with E-state index < -0.39 is 24.0 Å². The lowest BCUT2D eigenvalue weighted by molar-refractivity contribution is -0.138. The highest BCUT2D eigenvalue weighted by Crippen LogP contribution is 2.13. The summed E-state index contributed by atoms with van der Waals surface area (Å²) in [5.41, 5.74) is 0.836. The van der Waals surface area contributed by atoms with Gasteiger partial charge in [0.2, 0.25) is 5.91 Å². The van der Waals surface area contributed by atoms with Crippen LogP contribution < -0.4 is 10.6 Å². The molecule has 0 aliphatic heterocycles. The van der Waals surface area contributed by atoms with Crippen LogP contribution in [0, 0.1) is 0 Å². The predicted octanol–water partition coefficient (Wildman–Crippen LogP) is 1.29. The summed E-state index contributed by atoms with van der Waals surface area (Å²) in [6.07, 6.45) is 3.29. The van der Waals surface area contributed by atoms with Crippen molar-refractivity contribution in [3.63, 3.8) is 0 Å². The molecule has 8 nitrogen and oxygen atoms in total. The molecule has 1 aromatic heterocycles. The Kier molecular flexibility index (Phi) is 5.31. The average molecular weight is 330 g/mol. The molecule has 0 aliphatic rings. The number of carboxylic acids is 1. The predicted molar refractivity (Wildman–Crippen MR) is 86.6 cm³/mol. The standard InChI is InChI=1S/C16H18N4O4/c1-10(16(23)24)18-15(22)12-4-6-13(7-5-12)19-14(21)11(2)20-9-3-8-17-20/h3-11H,1-2H3,(H,18,22)(H,19,21)(H,23,24)/t10-,11+/m0/s1. The summed E-state index contributed by atoms with van der Waals surface area (Å²) >= 11 is 0. The molecule has 8 heteroatoms. The van der Waals surface area contributed by atoms with Gasteiger partial charge < -0.3 is 15.7 Å². The molecule has 1 aromatic carbocycles. The van der Waals surface area contributed by atoms with Crippen LogP contribution in [-0.4, -0.2) is 38.7 Å². The summed E-state index contributed by atoms with van der Waals surface area (Å²) in [7, 11) is 0. The van der Waals surface area contributed by atoms with Crippen LogP contribution in [0.1, 0.15) is 30.2 Å². The molecular weight excluding hydrogens is 312 g/mol. The first kappa shape index (κ1) is 17.2. The molecule has 0 aliphatic carbocycles. The number of benzene rings is 1. The number of nitrogens with zero attached hydrogens (tertiary/aromatic N) is 2. The summed E-state index contributed by atoms with van der Waals surface area (Å²) in [6, 6.07) is 6.46. The Morgan fingerprint density at radius 2 is 1.83 bits per heavy atom. The van der Waals surface area contributed by atoms with E-state index in [0.717, 1.165) is 0 Å². The largest absolute Gasteiger partial charge is 0.480 e. The Hall–Kier alpha value is -3.16. The molecule has 24 heavy (non-hydrogen) atoms. The van der Waals surface area contributed by atoms with Crippen molar-refractivity contribution in [3.05, 3.63) is 48.3 Å². The Bertz CT molecular complexity index is 725. The number of hydrogen-bond acceptors (Lipinski definition) is 4. The van der Waals surface area contributed by atoms with Crippen LogP contribution in [0.2, 0.25) is 0 Å². The molecule has 2 rings (SSSR count). The molecular formula is C16H18N4O4. The van der Waals surface area contributed by atoms with Gasteiger partial charge in [0.25, 0.3) is 5.91 Å².